The Hall–Kier alpha value is -1.92. The van der Waals surface area contributed by atoms with E-state index in [-0.39, 0.29) is 17.8 Å². The van der Waals surface area contributed by atoms with E-state index in [9.17, 15) is 14.4 Å². The normalized spacial score (nSPS) is 28.6. The average molecular weight is 334 g/mol. The van der Waals surface area contributed by atoms with Gasteiger partial charge < -0.3 is 11.2 Å². The van der Waals surface area contributed by atoms with Crippen molar-refractivity contribution in [3.05, 3.63) is 0 Å². The summed E-state index contributed by atoms with van der Waals surface area (Å²) in [7, 11) is 0. The van der Waals surface area contributed by atoms with Crippen LogP contribution in [-0.2, 0) is 14.4 Å². The Balaban J connectivity index is 1.74. The molecule has 24 heavy (non-hydrogen) atoms. The number of hydrazone groups is 1. The molecule has 3 fully saturated rings. The number of rotatable bonds is 3. The van der Waals surface area contributed by atoms with Gasteiger partial charge in [-0.3, -0.25) is 19.3 Å². The lowest BCUT2D eigenvalue weighted by Crippen LogP contribution is -2.45. The Morgan fingerprint density at radius 1 is 1.00 bits per heavy atom. The summed E-state index contributed by atoms with van der Waals surface area (Å²) in [6.07, 6.45) is 9.88. The fraction of sp³-hybridized carbons (Fsp3) is 0.765. The Morgan fingerprint density at radius 3 is 2.17 bits per heavy atom. The molecular weight excluding hydrogens is 308 g/mol. The number of likely N-dealkylation sites (tertiary alicyclic amines) is 1. The number of carbonyl (C=O) groups excluding carboxylic acids is 3. The van der Waals surface area contributed by atoms with Crippen LogP contribution in [0.1, 0.15) is 64.2 Å². The molecule has 1 saturated heterocycles. The van der Waals surface area contributed by atoms with Crippen LogP contribution in [0, 0.1) is 5.92 Å². The molecule has 1 aliphatic heterocycles. The molecule has 3 aliphatic rings. The summed E-state index contributed by atoms with van der Waals surface area (Å²) >= 11 is 0. The smallest absolute Gasteiger partial charge is 0.278 e. The van der Waals surface area contributed by atoms with Crippen LogP contribution in [0.15, 0.2) is 5.10 Å². The second-order valence-electron chi connectivity index (χ2n) is 7.10. The number of amides is 3. The highest BCUT2D eigenvalue weighted by Gasteiger charge is 2.51. The van der Waals surface area contributed by atoms with Gasteiger partial charge in [0.25, 0.3) is 5.91 Å². The van der Waals surface area contributed by atoms with Gasteiger partial charge in [-0.05, 0) is 25.7 Å². The van der Waals surface area contributed by atoms with Gasteiger partial charge in [0.15, 0.2) is 5.92 Å². The van der Waals surface area contributed by atoms with Crippen LogP contribution in [0.2, 0.25) is 0 Å². The number of nitrogens with one attached hydrogen (secondary N) is 1. The van der Waals surface area contributed by atoms with E-state index in [1.165, 1.54) is 11.3 Å². The summed E-state index contributed by atoms with van der Waals surface area (Å²) < 4.78 is 0. The molecule has 7 nitrogen and oxygen atoms in total. The zero-order valence-corrected chi connectivity index (χ0v) is 14.0. The maximum atomic E-state index is 12.8. The second kappa shape index (κ2) is 7.32. The summed E-state index contributed by atoms with van der Waals surface area (Å²) in [5, 5.41) is 6.43. The quantitative estimate of drug-likeness (QED) is 0.348. The van der Waals surface area contributed by atoms with Crippen molar-refractivity contribution in [2.75, 3.05) is 0 Å². The van der Waals surface area contributed by atoms with Gasteiger partial charge >= 0.3 is 0 Å². The standard InChI is InChI=1S/C17H26N4O3/c18-20-14-13(15(22)19-11-7-3-1-4-8-11)16(23)21(17(14)24)12-9-5-2-6-10-12/h11-13H,1-10,18H2,(H,19,22)/b20-14+/t13-/m1/s1. The van der Waals surface area contributed by atoms with E-state index in [1.54, 1.807) is 0 Å². The molecule has 0 bridgehead atoms. The molecule has 1 heterocycles. The average Bonchev–Trinajstić information content (AvgIpc) is 2.86. The molecular formula is C17H26N4O3. The van der Waals surface area contributed by atoms with Crippen LogP contribution in [0.5, 0.6) is 0 Å². The summed E-state index contributed by atoms with van der Waals surface area (Å²) in [6.45, 7) is 0. The van der Waals surface area contributed by atoms with E-state index in [2.05, 4.69) is 10.4 Å². The number of imide groups is 1. The molecule has 3 N–H and O–H groups in total. The van der Waals surface area contributed by atoms with E-state index in [1.807, 2.05) is 0 Å². The van der Waals surface area contributed by atoms with Crippen molar-refractivity contribution in [2.45, 2.75) is 76.3 Å². The second-order valence-corrected chi connectivity index (χ2v) is 7.10. The van der Waals surface area contributed by atoms with Gasteiger partial charge in [0.05, 0.1) is 0 Å². The molecule has 3 rings (SSSR count). The Bertz CT molecular complexity index is 548. The Morgan fingerprint density at radius 2 is 1.58 bits per heavy atom. The third-order valence-corrected chi connectivity index (χ3v) is 5.49. The molecule has 132 valence electrons. The molecule has 1 atom stereocenters. The third-order valence-electron chi connectivity index (χ3n) is 5.49. The number of hydrogen-bond donors (Lipinski definition) is 2. The van der Waals surface area contributed by atoms with Crippen molar-refractivity contribution in [3.8, 4) is 0 Å². The van der Waals surface area contributed by atoms with E-state index in [0.717, 1.165) is 57.8 Å². The highest BCUT2D eigenvalue weighted by atomic mass is 16.2. The number of hydrogen-bond acceptors (Lipinski definition) is 5. The molecule has 2 aliphatic carbocycles. The predicted octanol–water partition coefficient (Wildman–Crippen LogP) is 1.07. The monoisotopic (exact) mass is 334 g/mol. The van der Waals surface area contributed by atoms with Crippen LogP contribution >= 0.6 is 0 Å². The predicted molar refractivity (Wildman–Crippen MR) is 88.9 cm³/mol. The minimum absolute atomic E-state index is 0.0805. The summed E-state index contributed by atoms with van der Waals surface area (Å²) in [4.78, 5) is 39.2. The van der Waals surface area contributed by atoms with E-state index >= 15 is 0 Å². The van der Waals surface area contributed by atoms with Gasteiger partial charge in [-0.15, -0.1) is 0 Å². The van der Waals surface area contributed by atoms with Crippen LogP contribution in [0.4, 0.5) is 0 Å². The van der Waals surface area contributed by atoms with Crippen molar-refractivity contribution in [2.24, 2.45) is 16.9 Å². The SMILES string of the molecule is N/N=C1/C(=O)N(C2CCCCC2)C(=O)[C@H]1C(=O)NC1CCCCC1. The Labute approximate surface area is 142 Å². The van der Waals surface area contributed by atoms with Gasteiger partial charge in [0.1, 0.15) is 5.71 Å². The molecule has 0 aromatic carbocycles. The van der Waals surface area contributed by atoms with Crippen LogP contribution < -0.4 is 11.2 Å². The van der Waals surface area contributed by atoms with E-state index in [4.69, 9.17) is 5.84 Å². The summed E-state index contributed by atoms with van der Waals surface area (Å²) in [5.41, 5.74) is -0.112. The molecule has 7 heteroatoms. The van der Waals surface area contributed by atoms with Crippen molar-refractivity contribution >= 4 is 23.4 Å². The van der Waals surface area contributed by atoms with Crippen molar-refractivity contribution in [3.63, 3.8) is 0 Å². The van der Waals surface area contributed by atoms with Crippen molar-refractivity contribution < 1.29 is 14.4 Å². The first-order valence-corrected chi connectivity index (χ1v) is 9.09. The maximum Gasteiger partial charge on any atom is 0.278 e. The largest absolute Gasteiger partial charge is 0.352 e. The lowest BCUT2D eigenvalue weighted by Gasteiger charge is -2.29. The molecule has 0 aromatic rings. The van der Waals surface area contributed by atoms with E-state index in [0.29, 0.717) is 0 Å². The zero-order chi connectivity index (χ0) is 17.1. The molecule has 2 saturated carbocycles. The topological polar surface area (TPSA) is 105 Å². The third kappa shape index (κ3) is 3.16. The van der Waals surface area contributed by atoms with Crippen molar-refractivity contribution in [1.29, 1.82) is 0 Å². The maximum absolute atomic E-state index is 12.8. The van der Waals surface area contributed by atoms with Crippen LogP contribution in [0.25, 0.3) is 0 Å². The summed E-state index contributed by atoms with van der Waals surface area (Å²) in [6, 6.07) is -0.0418. The Kier molecular flexibility index (Phi) is 5.16. The first kappa shape index (κ1) is 16.9. The zero-order valence-electron chi connectivity index (χ0n) is 14.0. The minimum Gasteiger partial charge on any atom is -0.352 e. The van der Waals surface area contributed by atoms with Gasteiger partial charge in [-0.2, -0.15) is 5.10 Å². The first-order chi connectivity index (χ1) is 11.6. The van der Waals surface area contributed by atoms with Gasteiger partial charge in [-0.25, -0.2) is 0 Å². The van der Waals surface area contributed by atoms with Gasteiger partial charge in [-0.1, -0.05) is 38.5 Å². The first-order valence-electron chi connectivity index (χ1n) is 9.09. The number of carbonyl (C=O) groups is 3. The van der Waals surface area contributed by atoms with E-state index < -0.39 is 23.6 Å². The fourth-order valence-electron chi connectivity index (χ4n) is 4.19. The highest BCUT2D eigenvalue weighted by Crippen LogP contribution is 2.29. The minimum atomic E-state index is -1.17. The van der Waals surface area contributed by atoms with Crippen LogP contribution in [-0.4, -0.2) is 40.4 Å². The van der Waals surface area contributed by atoms with Crippen molar-refractivity contribution in [1.82, 2.24) is 10.2 Å². The highest BCUT2D eigenvalue weighted by molar-refractivity contribution is 6.54. The fourth-order valence-corrected chi connectivity index (χ4v) is 4.19. The van der Waals surface area contributed by atoms with Gasteiger partial charge in [0.2, 0.25) is 11.8 Å². The number of nitrogens with zero attached hydrogens (tertiary/aromatic N) is 2. The molecule has 0 aromatic heterocycles. The number of nitrogens with two attached hydrogens (primary N) is 1. The van der Waals surface area contributed by atoms with Gasteiger partial charge in [0, 0.05) is 12.1 Å². The van der Waals surface area contributed by atoms with Crippen LogP contribution in [0.3, 0.4) is 0 Å². The molecule has 3 amide bonds. The molecule has 0 radical (unpaired) electrons. The molecule has 0 spiro atoms. The molecule has 0 unspecified atom stereocenters. The lowest BCUT2D eigenvalue weighted by molar-refractivity contribution is -0.144. The lowest BCUT2D eigenvalue weighted by atomic mass is 9.94. The summed E-state index contributed by atoms with van der Waals surface area (Å²) in [5.74, 6) is 2.80.